The maximum Gasteiger partial charge on any atom is 0.334 e. The number of hydrogen-bond donors (Lipinski definition) is 0. The first-order valence-electron chi connectivity index (χ1n) is 8.18. The molecule has 0 atom stereocenters. The number of unbranched alkanes of at least 4 members (excludes halogenated alkanes) is 1. The number of carbonyl (C=O) groups excluding carboxylic acids is 2. The van der Waals surface area contributed by atoms with Crippen LogP contribution in [0, 0.1) is 0 Å². The lowest BCUT2D eigenvalue weighted by Crippen LogP contribution is -2.17. The molecule has 4 nitrogen and oxygen atoms in total. The van der Waals surface area contributed by atoms with Gasteiger partial charge in [0.2, 0.25) is 0 Å². The molecule has 0 aliphatic rings. The largest absolute Gasteiger partial charge is 0.462 e. The molecule has 0 aromatic rings. The Balaban J connectivity index is 5.24. The molecule has 0 unspecified atom stereocenters. The van der Waals surface area contributed by atoms with Crippen LogP contribution in [0.3, 0.4) is 0 Å². The summed E-state index contributed by atoms with van der Waals surface area (Å²) in [5.74, 6) is -0.722. The molecule has 0 saturated carbocycles. The van der Waals surface area contributed by atoms with Crippen molar-refractivity contribution < 1.29 is 19.1 Å². The highest BCUT2D eigenvalue weighted by atomic mass is 16.5. The minimum atomic E-state index is -0.363. The van der Waals surface area contributed by atoms with Crippen LogP contribution in [-0.4, -0.2) is 25.2 Å². The van der Waals surface area contributed by atoms with Gasteiger partial charge in [-0.25, -0.2) is 9.59 Å². The Morgan fingerprint density at radius 3 is 1.52 bits per heavy atom. The average molecular weight is 298 g/mol. The van der Waals surface area contributed by atoms with Gasteiger partial charge in [0, 0.05) is 11.1 Å². The Labute approximate surface area is 128 Å². The van der Waals surface area contributed by atoms with E-state index in [0.717, 1.165) is 32.1 Å². The Hall–Kier alpha value is -1.32. The third-order valence-electron chi connectivity index (χ3n) is 3.01. The van der Waals surface area contributed by atoms with E-state index in [1.54, 1.807) is 0 Å². The minimum Gasteiger partial charge on any atom is -0.462 e. The first kappa shape index (κ1) is 19.7. The zero-order valence-corrected chi connectivity index (χ0v) is 14.0. The molecule has 21 heavy (non-hydrogen) atoms. The molecule has 0 N–H and O–H groups in total. The van der Waals surface area contributed by atoms with E-state index in [-0.39, 0.29) is 11.9 Å². The second kappa shape index (κ2) is 12.4. The van der Waals surface area contributed by atoms with Gasteiger partial charge < -0.3 is 9.47 Å². The van der Waals surface area contributed by atoms with E-state index in [9.17, 15) is 9.59 Å². The number of ether oxygens (including phenoxy) is 2. The summed E-state index contributed by atoms with van der Waals surface area (Å²) in [6.45, 7) is 8.72. The Bertz CT molecular complexity index is 345. The van der Waals surface area contributed by atoms with Gasteiger partial charge in [-0.05, 0) is 32.1 Å². The molecular weight excluding hydrogens is 268 g/mol. The number of carbonyl (C=O) groups is 2. The van der Waals surface area contributed by atoms with Crippen molar-refractivity contribution in [3.05, 3.63) is 11.1 Å². The van der Waals surface area contributed by atoms with E-state index >= 15 is 0 Å². The Morgan fingerprint density at radius 2 is 1.14 bits per heavy atom. The van der Waals surface area contributed by atoms with Crippen LogP contribution in [0.5, 0.6) is 0 Å². The van der Waals surface area contributed by atoms with Crippen molar-refractivity contribution in [2.75, 3.05) is 13.2 Å². The molecule has 0 rings (SSSR count). The van der Waals surface area contributed by atoms with Crippen LogP contribution in [0.4, 0.5) is 0 Å². The lowest BCUT2D eigenvalue weighted by Gasteiger charge is -2.14. The van der Waals surface area contributed by atoms with Crippen LogP contribution in [-0.2, 0) is 19.1 Å². The standard InChI is InChI=1S/C17H30O4/c1-5-9-11-15(17(19)21-13-8-4)14(10-6-2)16(18)20-12-7-3/h5-13H2,1-4H3. The highest BCUT2D eigenvalue weighted by molar-refractivity contribution is 6.00. The second-order valence-electron chi connectivity index (χ2n) is 5.08. The normalized spacial score (nSPS) is 11.8. The van der Waals surface area contributed by atoms with Gasteiger partial charge in [-0.3, -0.25) is 0 Å². The van der Waals surface area contributed by atoms with Crippen LogP contribution in [0.25, 0.3) is 0 Å². The molecule has 0 radical (unpaired) electrons. The smallest absolute Gasteiger partial charge is 0.334 e. The molecule has 0 amide bonds. The predicted molar refractivity (Wildman–Crippen MR) is 84.0 cm³/mol. The van der Waals surface area contributed by atoms with E-state index in [0.29, 0.717) is 37.2 Å². The van der Waals surface area contributed by atoms with E-state index in [4.69, 9.17) is 9.47 Å². The fraction of sp³-hybridized carbons (Fsp3) is 0.765. The summed E-state index contributed by atoms with van der Waals surface area (Å²) in [7, 11) is 0. The van der Waals surface area contributed by atoms with Gasteiger partial charge in [0.15, 0.2) is 0 Å². The summed E-state index contributed by atoms with van der Waals surface area (Å²) in [6.07, 6.45) is 5.32. The summed E-state index contributed by atoms with van der Waals surface area (Å²) >= 11 is 0. The number of esters is 2. The van der Waals surface area contributed by atoms with E-state index in [1.165, 1.54) is 0 Å². The van der Waals surface area contributed by atoms with Gasteiger partial charge in [0.25, 0.3) is 0 Å². The molecule has 0 aliphatic carbocycles. The first-order chi connectivity index (χ1) is 10.1. The molecule has 0 aliphatic heterocycles. The maximum atomic E-state index is 12.2. The minimum absolute atomic E-state index is 0.359. The van der Waals surface area contributed by atoms with E-state index in [2.05, 4.69) is 6.92 Å². The summed E-state index contributed by atoms with van der Waals surface area (Å²) in [4.78, 5) is 24.4. The topological polar surface area (TPSA) is 52.6 Å². The van der Waals surface area contributed by atoms with Crippen molar-refractivity contribution in [2.45, 2.75) is 72.6 Å². The first-order valence-corrected chi connectivity index (χ1v) is 8.18. The Kier molecular flexibility index (Phi) is 11.6. The molecule has 122 valence electrons. The van der Waals surface area contributed by atoms with Gasteiger partial charge >= 0.3 is 11.9 Å². The summed E-state index contributed by atoms with van der Waals surface area (Å²) in [5.41, 5.74) is 1.01. The van der Waals surface area contributed by atoms with Crippen molar-refractivity contribution >= 4 is 11.9 Å². The monoisotopic (exact) mass is 298 g/mol. The predicted octanol–water partition coefficient (Wildman–Crippen LogP) is 4.18. The van der Waals surface area contributed by atoms with Crippen LogP contribution in [0.2, 0.25) is 0 Å². The van der Waals surface area contributed by atoms with Crippen LogP contribution < -0.4 is 0 Å². The molecule has 0 bridgehead atoms. The molecule has 0 spiro atoms. The van der Waals surface area contributed by atoms with Gasteiger partial charge in [-0.15, -0.1) is 0 Å². The SMILES string of the molecule is CCCCC(C(=O)OCCC)=C(CCC)C(=O)OCCC. The third kappa shape index (κ3) is 7.88. The molecule has 0 heterocycles. The zero-order valence-electron chi connectivity index (χ0n) is 14.0. The quantitative estimate of drug-likeness (QED) is 0.424. The van der Waals surface area contributed by atoms with Gasteiger partial charge in [-0.1, -0.05) is 40.5 Å². The average Bonchev–Trinajstić information content (AvgIpc) is 2.49. The van der Waals surface area contributed by atoms with Crippen molar-refractivity contribution in [3.8, 4) is 0 Å². The van der Waals surface area contributed by atoms with Crippen molar-refractivity contribution in [2.24, 2.45) is 0 Å². The van der Waals surface area contributed by atoms with Crippen LogP contribution in [0.15, 0.2) is 11.1 Å². The zero-order chi connectivity index (χ0) is 16.1. The molecule has 0 saturated heterocycles. The van der Waals surface area contributed by atoms with Gasteiger partial charge in [-0.2, -0.15) is 0 Å². The summed E-state index contributed by atoms with van der Waals surface area (Å²) in [5, 5.41) is 0. The molecular formula is C17H30O4. The third-order valence-corrected chi connectivity index (χ3v) is 3.01. The molecule has 0 fully saturated rings. The van der Waals surface area contributed by atoms with Crippen molar-refractivity contribution in [3.63, 3.8) is 0 Å². The number of hydrogen-bond acceptors (Lipinski definition) is 4. The lowest BCUT2D eigenvalue weighted by atomic mass is 9.99. The summed E-state index contributed by atoms with van der Waals surface area (Å²) in [6, 6.07) is 0. The van der Waals surface area contributed by atoms with Crippen LogP contribution in [0.1, 0.15) is 72.6 Å². The van der Waals surface area contributed by atoms with Crippen molar-refractivity contribution in [1.29, 1.82) is 0 Å². The summed E-state index contributed by atoms with van der Waals surface area (Å²) < 4.78 is 10.4. The van der Waals surface area contributed by atoms with Crippen LogP contribution >= 0.6 is 0 Å². The Morgan fingerprint density at radius 1 is 0.667 bits per heavy atom. The highest BCUT2D eigenvalue weighted by Gasteiger charge is 2.22. The van der Waals surface area contributed by atoms with Gasteiger partial charge in [0.05, 0.1) is 13.2 Å². The molecule has 0 aromatic heterocycles. The lowest BCUT2D eigenvalue weighted by molar-refractivity contribution is -0.142. The molecule has 4 heteroatoms. The maximum absolute atomic E-state index is 12.2. The highest BCUT2D eigenvalue weighted by Crippen LogP contribution is 2.20. The molecule has 0 aromatic carbocycles. The fourth-order valence-corrected chi connectivity index (χ4v) is 1.92. The van der Waals surface area contributed by atoms with E-state index < -0.39 is 0 Å². The second-order valence-corrected chi connectivity index (χ2v) is 5.08. The van der Waals surface area contributed by atoms with E-state index in [1.807, 2.05) is 20.8 Å². The van der Waals surface area contributed by atoms with Gasteiger partial charge in [0.1, 0.15) is 0 Å². The number of rotatable bonds is 11. The van der Waals surface area contributed by atoms with Crippen molar-refractivity contribution in [1.82, 2.24) is 0 Å². The fourth-order valence-electron chi connectivity index (χ4n) is 1.92.